The molecule has 0 radical (unpaired) electrons. The van der Waals surface area contributed by atoms with Crippen molar-refractivity contribution in [1.29, 1.82) is 0 Å². The smallest absolute Gasteiger partial charge is 0.249 e. The maximum absolute atomic E-state index is 12.9. The number of hydrogen-bond donors (Lipinski definition) is 1. The lowest BCUT2D eigenvalue weighted by atomic mass is 10.1. The second-order valence-corrected chi connectivity index (χ2v) is 6.67. The summed E-state index contributed by atoms with van der Waals surface area (Å²) in [6.07, 6.45) is 5.84. The van der Waals surface area contributed by atoms with Crippen LogP contribution in [0.5, 0.6) is 0 Å². The van der Waals surface area contributed by atoms with Gasteiger partial charge in [-0.2, -0.15) is 0 Å². The molecule has 0 saturated heterocycles. The van der Waals surface area contributed by atoms with E-state index in [1.807, 2.05) is 78.9 Å². The predicted molar refractivity (Wildman–Crippen MR) is 123 cm³/mol. The molecule has 3 rings (SSSR count). The maximum atomic E-state index is 12.9. The lowest BCUT2D eigenvalue weighted by Gasteiger charge is -2.13. The van der Waals surface area contributed by atoms with Crippen molar-refractivity contribution in [3.05, 3.63) is 114 Å². The third-order valence-corrected chi connectivity index (χ3v) is 4.56. The summed E-state index contributed by atoms with van der Waals surface area (Å²) in [6, 6.07) is 24.8. The number of carbonyl (C=O) groups excluding carboxylic acids is 1. The monoisotopic (exact) mass is 380 g/mol. The first kappa shape index (κ1) is 20.0. The van der Waals surface area contributed by atoms with Gasteiger partial charge in [-0.1, -0.05) is 92.0 Å². The molecule has 144 valence electrons. The van der Waals surface area contributed by atoms with Gasteiger partial charge in [0.2, 0.25) is 5.91 Å². The fourth-order valence-corrected chi connectivity index (χ4v) is 2.87. The minimum absolute atomic E-state index is 0.140. The summed E-state index contributed by atoms with van der Waals surface area (Å²) in [4.78, 5) is 17.5. The number of nitrogens with one attached hydrogen (secondary N) is 1. The van der Waals surface area contributed by atoms with E-state index in [0.29, 0.717) is 6.42 Å². The third-order valence-electron chi connectivity index (χ3n) is 4.56. The summed E-state index contributed by atoms with van der Waals surface area (Å²) in [5.74, 6) is -0.140. The Morgan fingerprint density at radius 1 is 0.828 bits per heavy atom. The van der Waals surface area contributed by atoms with Gasteiger partial charge in [-0.05, 0) is 34.4 Å². The van der Waals surface area contributed by atoms with Crippen LogP contribution in [0.15, 0.2) is 97.0 Å². The normalized spacial score (nSPS) is 11.7. The van der Waals surface area contributed by atoms with E-state index in [9.17, 15) is 4.79 Å². The molecule has 0 aliphatic heterocycles. The van der Waals surface area contributed by atoms with Gasteiger partial charge in [0, 0.05) is 18.3 Å². The van der Waals surface area contributed by atoms with Gasteiger partial charge in [-0.25, -0.2) is 0 Å². The standard InChI is InChI=1S/C26H24N2O/c1-3-20-10-12-23(13-11-20)19-27-25(18-22-8-6-5-7-9-22)26(29)28-24-16-14-21(4-2)15-17-24/h3-17,19,25H,1-2,18H2,(H,28,29)/t25-/m0/s1. The Labute approximate surface area is 172 Å². The largest absolute Gasteiger partial charge is 0.324 e. The van der Waals surface area contributed by atoms with Crippen molar-refractivity contribution in [2.24, 2.45) is 4.99 Å². The van der Waals surface area contributed by atoms with Crippen LogP contribution in [0.3, 0.4) is 0 Å². The Balaban J connectivity index is 1.78. The van der Waals surface area contributed by atoms with E-state index in [-0.39, 0.29) is 5.91 Å². The van der Waals surface area contributed by atoms with Crippen LogP contribution in [0.1, 0.15) is 22.3 Å². The van der Waals surface area contributed by atoms with Gasteiger partial charge in [0.05, 0.1) is 0 Å². The van der Waals surface area contributed by atoms with E-state index >= 15 is 0 Å². The Hall–Kier alpha value is -3.72. The van der Waals surface area contributed by atoms with E-state index in [0.717, 1.165) is 27.9 Å². The Bertz CT molecular complexity index is 987. The lowest BCUT2D eigenvalue weighted by molar-refractivity contribution is -0.117. The molecule has 0 heterocycles. The molecule has 0 aliphatic carbocycles. The van der Waals surface area contributed by atoms with Crippen LogP contribution < -0.4 is 5.32 Å². The van der Waals surface area contributed by atoms with Gasteiger partial charge in [-0.15, -0.1) is 0 Å². The summed E-state index contributed by atoms with van der Waals surface area (Å²) in [6.45, 7) is 7.51. The lowest BCUT2D eigenvalue weighted by Crippen LogP contribution is -2.28. The topological polar surface area (TPSA) is 41.5 Å². The van der Waals surface area contributed by atoms with Crippen molar-refractivity contribution in [3.8, 4) is 0 Å². The Morgan fingerprint density at radius 2 is 1.38 bits per heavy atom. The molecule has 0 fully saturated rings. The first-order valence-corrected chi connectivity index (χ1v) is 9.51. The number of nitrogens with zero attached hydrogens (tertiary/aromatic N) is 1. The molecule has 3 nitrogen and oxygen atoms in total. The fraction of sp³-hybridized carbons (Fsp3) is 0.0769. The first-order valence-electron chi connectivity index (χ1n) is 9.51. The molecular weight excluding hydrogens is 356 g/mol. The summed E-state index contributed by atoms with van der Waals surface area (Å²) in [5.41, 5.74) is 4.79. The highest BCUT2D eigenvalue weighted by Crippen LogP contribution is 2.13. The fourth-order valence-electron chi connectivity index (χ4n) is 2.87. The van der Waals surface area contributed by atoms with Gasteiger partial charge in [-0.3, -0.25) is 9.79 Å². The number of anilines is 1. The minimum atomic E-state index is -0.532. The van der Waals surface area contributed by atoms with Crippen molar-refractivity contribution in [3.63, 3.8) is 0 Å². The molecule has 0 aliphatic rings. The molecule has 1 N–H and O–H groups in total. The van der Waals surface area contributed by atoms with Crippen molar-refractivity contribution >= 4 is 30.0 Å². The molecule has 3 aromatic carbocycles. The molecular formula is C26H24N2O. The summed E-state index contributed by atoms with van der Waals surface area (Å²) >= 11 is 0. The number of rotatable bonds is 8. The number of benzene rings is 3. The highest BCUT2D eigenvalue weighted by molar-refractivity contribution is 5.96. The quantitative estimate of drug-likeness (QED) is 0.505. The number of carbonyl (C=O) groups is 1. The average Bonchev–Trinajstić information content (AvgIpc) is 2.78. The molecule has 0 aromatic heterocycles. The molecule has 3 heteroatoms. The van der Waals surface area contributed by atoms with Gasteiger partial charge in [0.15, 0.2) is 0 Å². The van der Waals surface area contributed by atoms with Crippen LogP contribution in [0.25, 0.3) is 12.2 Å². The Kier molecular flexibility index (Phi) is 6.90. The van der Waals surface area contributed by atoms with Gasteiger partial charge in [0.1, 0.15) is 6.04 Å². The molecule has 29 heavy (non-hydrogen) atoms. The molecule has 0 bridgehead atoms. The van der Waals surface area contributed by atoms with Gasteiger partial charge < -0.3 is 5.32 Å². The second-order valence-electron chi connectivity index (χ2n) is 6.67. The summed E-state index contributed by atoms with van der Waals surface area (Å²) in [7, 11) is 0. The third kappa shape index (κ3) is 5.88. The molecule has 0 unspecified atom stereocenters. The molecule has 0 saturated carbocycles. The van der Waals surface area contributed by atoms with E-state index in [4.69, 9.17) is 0 Å². The maximum Gasteiger partial charge on any atom is 0.249 e. The number of hydrogen-bond acceptors (Lipinski definition) is 2. The minimum Gasteiger partial charge on any atom is -0.324 e. The van der Waals surface area contributed by atoms with E-state index in [1.165, 1.54) is 0 Å². The van der Waals surface area contributed by atoms with Crippen molar-refractivity contribution in [2.45, 2.75) is 12.5 Å². The van der Waals surface area contributed by atoms with E-state index in [2.05, 4.69) is 23.5 Å². The SMILES string of the molecule is C=Cc1ccc(C=N[C@@H](Cc2ccccc2)C(=O)Nc2ccc(C=C)cc2)cc1. The van der Waals surface area contributed by atoms with Crippen molar-refractivity contribution < 1.29 is 4.79 Å². The predicted octanol–water partition coefficient (Wildman–Crippen LogP) is 5.64. The molecule has 3 aromatic rings. The van der Waals surface area contributed by atoms with Crippen LogP contribution in [-0.4, -0.2) is 18.2 Å². The van der Waals surface area contributed by atoms with Crippen LogP contribution in [-0.2, 0) is 11.2 Å². The van der Waals surface area contributed by atoms with Crippen molar-refractivity contribution in [1.82, 2.24) is 0 Å². The van der Waals surface area contributed by atoms with E-state index in [1.54, 1.807) is 18.4 Å². The van der Waals surface area contributed by atoms with Gasteiger partial charge >= 0.3 is 0 Å². The molecule has 0 spiro atoms. The summed E-state index contributed by atoms with van der Waals surface area (Å²) < 4.78 is 0. The van der Waals surface area contributed by atoms with E-state index < -0.39 is 6.04 Å². The van der Waals surface area contributed by atoms with Crippen LogP contribution >= 0.6 is 0 Å². The average molecular weight is 380 g/mol. The summed E-state index contributed by atoms with van der Waals surface area (Å²) in [5, 5.41) is 2.97. The van der Waals surface area contributed by atoms with Gasteiger partial charge in [0.25, 0.3) is 0 Å². The molecule has 1 amide bonds. The van der Waals surface area contributed by atoms with Crippen LogP contribution in [0.2, 0.25) is 0 Å². The first-order chi connectivity index (χ1) is 14.2. The van der Waals surface area contributed by atoms with Crippen LogP contribution in [0, 0.1) is 0 Å². The second kappa shape index (κ2) is 10.00. The van der Waals surface area contributed by atoms with Crippen LogP contribution in [0.4, 0.5) is 5.69 Å². The molecule has 1 atom stereocenters. The highest BCUT2D eigenvalue weighted by atomic mass is 16.2. The number of aliphatic imine (C=N–C) groups is 1. The highest BCUT2D eigenvalue weighted by Gasteiger charge is 2.17. The zero-order valence-corrected chi connectivity index (χ0v) is 16.3. The zero-order valence-electron chi connectivity index (χ0n) is 16.3. The Morgan fingerprint density at radius 3 is 1.97 bits per heavy atom. The zero-order chi connectivity index (χ0) is 20.5. The number of amides is 1. The van der Waals surface area contributed by atoms with Crippen molar-refractivity contribution in [2.75, 3.05) is 5.32 Å².